The van der Waals surface area contributed by atoms with E-state index in [2.05, 4.69) is 10.6 Å². The quantitative estimate of drug-likeness (QED) is 0.875. The van der Waals surface area contributed by atoms with E-state index in [9.17, 15) is 14.0 Å². The number of hydrogen-bond donors (Lipinski definition) is 2. The highest BCUT2D eigenvalue weighted by Crippen LogP contribution is 2.41. The van der Waals surface area contributed by atoms with Crippen LogP contribution in [0.1, 0.15) is 12.0 Å². The van der Waals surface area contributed by atoms with E-state index >= 15 is 0 Å². The number of aryl methyl sites for hydroxylation is 1. The summed E-state index contributed by atoms with van der Waals surface area (Å²) in [6, 6.07) is 11.4. The molecule has 0 radical (unpaired) electrons. The molecule has 5 nitrogen and oxygen atoms in total. The van der Waals surface area contributed by atoms with Crippen LogP contribution in [-0.4, -0.2) is 18.9 Å². The van der Waals surface area contributed by atoms with Crippen LogP contribution in [0, 0.1) is 24.6 Å². The van der Waals surface area contributed by atoms with Gasteiger partial charge in [-0.25, -0.2) is 4.39 Å². The first-order valence-electron chi connectivity index (χ1n) is 8.00. The predicted molar refractivity (Wildman–Crippen MR) is 93.0 cm³/mol. The Kier molecular flexibility index (Phi) is 4.70. The SMILES string of the molecule is COc1ccc(C)cc1NC(=O)C1CC1C(=O)Nc1ccccc1F. The van der Waals surface area contributed by atoms with Crippen molar-refractivity contribution >= 4 is 23.2 Å². The average Bonchev–Trinajstić information content (AvgIpc) is 3.38. The molecule has 2 amide bonds. The number of methoxy groups -OCH3 is 1. The van der Waals surface area contributed by atoms with Crippen LogP contribution in [0.2, 0.25) is 0 Å². The van der Waals surface area contributed by atoms with Crippen LogP contribution in [0.3, 0.4) is 0 Å². The molecule has 1 saturated carbocycles. The number of para-hydroxylation sites is 1. The zero-order valence-electron chi connectivity index (χ0n) is 14.0. The molecular weight excluding hydrogens is 323 g/mol. The van der Waals surface area contributed by atoms with E-state index in [1.54, 1.807) is 18.2 Å². The van der Waals surface area contributed by atoms with Gasteiger partial charge in [-0.3, -0.25) is 9.59 Å². The number of ether oxygens (including phenoxy) is 1. The number of carbonyl (C=O) groups excluding carboxylic acids is 2. The van der Waals surface area contributed by atoms with Crippen molar-refractivity contribution in [2.75, 3.05) is 17.7 Å². The van der Waals surface area contributed by atoms with Crippen LogP contribution >= 0.6 is 0 Å². The van der Waals surface area contributed by atoms with Crippen molar-refractivity contribution in [1.82, 2.24) is 0 Å². The van der Waals surface area contributed by atoms with Gasteiger partial charge >= 0.3 is 0 Å². The normalized spacial score (nSPS) is 18.4. The highest BCUT2D eigenvalue weighted by atomic mass is 19.1. The zero-order chi connectivity index (χ0) is 18.0. The van der Waals surface area contributed by atoms with Crippen molar-refractivity contribution in [2.45, 2.75) is 13.3 Å². The monoisotopic (exact) mass is 342 g/mol. The predicted octanol–water partition coefficient (Wildman–Crippen LogP) is 3.36. The van der Waals surface area contributed by atoms with Crippen LogP contribution in [-0.2, 0) is 9.59 Å². The third-order valence-electron chi connectivity index (χ3n) is 4.21. The van der Waals surface area contributed by atoms with Crippen molar-refractivity contribution in [3.63, 3.8) is 0 Å². The third kappa shape index (κ3) is 3.79. The van der Waals surface area contributed by atoms with Crippen LogP contribution in [0.4, 0.5) is 15.8 Å². The molecule has 0 saturated heterocycles. The second-order valence-electron chi connectivity index (χ2n) is 6.11. The molecule has 0 aromatic heterocycles. The van der Waals surface area contributed by atoms with Crippen molar-refractivity contribution in [3.8, 4) is 5.75 Å². The number of halogens is 1. The lowest BCUT2D eigenvalue weighted by Crippen LogP contribution is -2.21. The van der Waals surface area contributed by atoms with E-state index in [0.29, 0.717) is 17.9 Å². The molecule has 0 bridgehead atoms. The third-order valence-corrected chi connectivity index (χ3v) is 4.21. The summed E-state index contributed by atoms with van der Waals surface area (Å²) in [5.41, 5.74) is 1.69. The van der Waals surface area contributed by atoms with Crippen LogP contribution in [0.5, 0.6) is 5.75 Å². The van der Waals surface area contributed by atoms with Gasteiger partial charge in [0.2, 0.25) is 11.8 Å². The molecule has 25 heavy (non-hydrogen) atoms. The smallest absolute Gasteiger partial charge is 0.228 e. The minimum Gasteiger partial charge on any atom is -0.495 e. The van der Waals surface area contributed by atoms with E-state index in [1.807, 2.05) is 19.1 Å². The fourth-order valence-corrected chi connectivity index (χ4v) is 2.71. The van der Waals surface area contributed by atoms with Gasteiger partial charge in [-0.15, -0.1) is 0 Å². The Bertz CT molecular complexity index is 822. The average molecular weight is 342 g/mol. The Morgan fingerprint density at radius 2 is 1.68 bits per heavy atom. The van der Waals surface area contributed by atoms with Gasteiger partial charge in [0.25, 0.3) is 0 Å². The van der Waals surface area contributed by atoms with Gasteiger partial charge in [-0.2, -0.15) is 0 Å². The van der Waals surface area contributed by atoms with Gasteiger partial charge in [0.1, 0.15) is 11.6 Å². The lowest BCUT2D eigenvalue weighted by Gasteiger charge is -2.11. The largest absolute Gasteiger partial charge is 0.495 e. The summed E-state index contributed by atoms with van der Waals surface area (Å²) in [5, 5.41) is 5.34. The highest BCUT2D eigenvalue weighted by molar-refractivity contribution is 6.03. The standard InChI is InChI=1S/C19H19FN2O3/c1-11-7-8-17(25-2)16(9-11)22-19(24)13-10-12(13)18(23)21-15-6-4-3-5-14(15)20/h3-9,12-13H,10H2,1-2H3,(H,21,23)(H,22,24). The highest BCUT2D eigenvalue weighted by Gasteiger charge is 2.48. The molecule has 1 fully saturated rings. The van der Waals surface area contributed by atoms with Crippen molar-refractivity contribution in [1.29, 1.82) is 0 Å². The Balaban J connectivity index is 1.62. The molecule has 2 aromatic carbocycles. The Morgan fingerprint density at radius 1 is 1.04 bits per heavy atom. The van der Waals surface area contributed by atoms with Gasteiger partial charge in [0.05, 0.1) is 30.3 Å². The maximum Gasteiger partial charge on any atom is 0.228 e. The second kappa shape index (κ2) is 6.93. The number of carbonyl (C=O) groups is 2. The number of anilines is 2. The molecule has 2 aromatic rings. The van der Waals surface area contributed by atoms with Gasteiger partial charge in [-0.1, -0.05) is 18.2 Å². The molecule has 1 aliphatic rings. The topological polar surface area (TPSA) is 67.4 Å². The molecule has 0 aliphatic heterocycles. The molecule has 2 N–H and O–H groups in total. The summed E-state index contributed by atoms with van der Waals surface area (Å²) < 4.78 is 18.8. The lowest BCUT2D eigenvalue weighted by atomic mass is 10.2. The molecule has 1 aliphatic carbocycles. The van der Waals surface area contributed by atoms with Crippen molar-refractivity contribution in [2.24, 2.45) is 11.8 Å². The fraction of sp³-hybridized carbons (Fsp3) is 0.263. The van der Waals surface area contributed by atoms with E-state index in [0.717, 1.165) is 5.56 Å². The maximum absolute atomic E-state index is 13.6. The van der Waals surface area contributed by atoms with Gasteiger partial charge < -0.3 is 15.4 Å². The van der Waals surface area contributed by atoms with Gasteiger partial charge in [-0.05, 0) is 43.2 Å². The minimum atomic E-state index is -0.498. The number of benzene rings is 2. The number of nitrogens with one attached hydrogen (secondary N) is 2. The number of amides is 2. The zero-order valence-corrected chi connectivity index (χ0v) is 14.0. The lowest BCUT2D eigenvalue weighted by molar-refractivity contribution is -0.122. The summed E-state index contributed by atoms with van der Waals surface area (Å²) >= 11 is 0. The fourth-order valence-electron chi connectivity index (χ4n) is 2.71. The summed E-state index contributed by atoms with van der Waals surface area (Å²) in [7, 11) is 1.53. The van der Waals surface area contributed by atoms with E-state index in [-0.39, 0.29) is 17.5 Å². The molecule has 0 heterocycles. The first-order chi connectivity index (χ1) is 12.0. The molecule has 2 atom stereocenters. The summed E-state index contributed by atoms with van der Waals surface area (Å²) in [6.45, 7) is 1.91. The van der Waals surface area contributed by atoms with Crippen molar-refractivity contribution in [3.05, 3.63) is 53.8 Å². The minimum absolute atomic E-state index is 0.124. The first kappa shape index (κ1) is 17.0. The molecule has 0 spiro atoms. The Labute approximate surface area is 145 Å². The number of rotatable bonds is 5. The Hall–Kier alpha value is -2.89. The van der Waals surface area contributed by atoms with E-state index in [1.165, 1.54) is 19.2 Å². The summed E-state index contributed by atoms with van der Waals surface area (Å²) in [6.07, 6.45) is 0.445. The maximum atomic E-state index is 13.6. The van der Waals surface area contributed by atoms with E-state index in [4.69, 9.17) is 4.74 Å². The van der Waals surface area contributed by atoms with E-state index < -0.39 is 17.7 Å². The molecule has 130 valence electrons. The molecule has 3 rings (SSSR count). The molecule has 2 unspecified atom stereocenters. The molecule has 6 heteroatoms. The summed E-state index contributed by atoms with van der Waals surface area (Å²) in [5.74, 6) is -1.39. The van der Waals surface area contributed by atoms with Gasteiger partial charge in [0, 0.05) is 0 Å². The van der Waals surface area contributed by atoms with Crippen LogP contribution in [0.25, 0.3) is 0 Å². The second-order valence-corrected chi connectivity index (χ2v) is 6.11. The Morgan fingerprint density at radius 3 is 2.32 bits per heavy atom. The van der Waals surface area contributed by atoms with Crippen molar-refractivity contribution < 1.29 is 18.7 Å². The van der Waals surface area contributed by atoms with Gasteiger partial charge in [0.15, 0.2) is 0 Å². The number of hydrogen-bond acceptors (Lipinski definition) is 3. The van der Waals surface area contributed by atoms with Crippen LogP contribution < -0.4 is 15.4 Å². The molecular formula is C19H19FN2O3. The summed E-state index contributed by atoms with van der Waals surface area (Å²) in [4.78, 5) is 24.6. The first-order valence-corrected chi connectivity index (χ1v) is 8.00. The van der Waals surface area contributed by atoms with Crippen LogP contribution in [0.15, 0.2) is 42.5 Å².